The van der Waals surface area contributed by atoms with E-state index >= 15 is 0 Å². The van der Waals surface area contributed by atoms with Crippen molar-refractivity contribution in [1.82, 2.24) is 5.32 Å². The average molecular weight is 395 g/mol. The second kappa shape index (κ2) is 9.66. The molecule has 1 aromatic rings. The number of carbonyl (C=O) groups is 3. The predicted octanol–water partition coefficient (Wildman–Crippen LogP) is 1.42. The molecule has 0 unspecified atom stereocenters. The van der Waals surface area contributed by atoms with Crippen LogP contribution in [0.3, 0.4) is 0 Å². The first-order valence-corrected chi connectivity index (χ1v) is 9.10. The minimum Gasteiger partial charge on any atom is -0.481 e. The monoisotopic (exact) mass is 395 g/mol. The third-order valence-electron chi connectivity index (χ3n) is 4.07. The Bertz CT molecular complexity index is 684. The number of carboxylic acid groups (broad SMARTS) is 1. The standard InChI is InChI=1S/C20H30N2O6/c1-14(2)17(21-19(26)28-12-15-9-7-6-8-10-15)18(25)20(27,11-16(23)24)13-22(3,4)5/h6-10,14,17,27H,11-13H2,1-5H3,(H-,21,23,24,26)/p+1/t17-,20+/m0/s1. The molecule has 156 valence electrons. The van der Waals surface area contributed by atoms with E-state index in [1.165, 1.54) is 0 Å². The second-order valence-electron chi connectivity index (χ2n) is 8.34. The van der Waals surface area contributed by atoms with E-state index in [0.29, 0.717) is 0 Å². The molecule has 0 aromatic heterocycles. The Hall–Kier alpha value is -2.45. The van der Waals surface area contributed by atoms with E-state index < -0.39 is 35.9 Å². The fraction of sp³-hybridized carbons (Fsp3) is 0.550. The Morgan fingerprint density at radius 1 is 1.14 bits per heavy atom. The van der Waals surface area contributed by atoms with Crippen LogP contribution in [0.1, 0.15) is 25.8 Å². The highest BCUT2D eigenvalue weighted by molar-refractivity contribution is 5.96. The molecule has 3 N–H and O–H groups in total. The Labute approximate surface area is 165 Å². The molecule has 0 saturated heterocycles. The lowest BCUT2D eigenvalue weighted by atomic mass is 9.84. The van der Waals surface area contributed by atoms with Gasteiger partial charge in [-0.15, -0.1) is 0 Å². The molecule has 1 rings (SSSR count). The summed E-state index contributed by atoms with van der Waals surface area (Å²) in [6, 6.07) is 7.98. The molecule has 0 aliphatic heterocycles. The highest BCUT2D eigenvalue weighted by Gasteiger charge is 2.47. The molecule has 8 nitrogen and oxygen atoms in total. The Balaban J connectivity index is 2.92. The van der Waals surface area contributed by atoms with Crippen LogP contribution in [0.4, 0.5) is 4.79 Å². The van der Waals surface area contributed by atoms with Gasteiger partial charge in [0.05, 0.1) is 33.6 Å². The molecule has 1 amide bonds. The second-order valence-corrected chi connectivity index (χ2v) is 8.34. The van der Waals surface area contributed by atoms with Crippen molar-refractivity contribution in [2.45, 2.75) is 38.5 Å². The van der Waals surface area contributed by atoms with Gasteiger partial charge in [-0.05, 0) is 11.5 Å². The number of hydrogen-bond acceptors (Lipinski definition) is 5. The maximum Gasteiger partial charge on any atom is 0.408 e. The van der Waals surface area contributed by atoms with Crippen LogP contribution in [-0.4, -0.2) is 71.9 Å². The summed E-state index contributed by atoms with van der Waals surface area (Å²) in [6.45, 7) is 3.33. The molecule has 0 fully saturated rings. The molecule has 0 aliphatic rings. The first-order chi connectivity index (χ1) is 12.8. The lowest BCUT2D eigenvalue weighted by Crippen LogP contribution is -2.61. The number of Topliss-reactive ketones (excluding diaryl/α,β-unsaturated/α-hetero) is 1. The maximum atomic E-state index is 13.0. The molecule has 0 radical (unpaired) electrons. The van der Waals surface area contributed by atoms with Gasteiger partial charge in [0.2, 0.25) is 0 Å². The summed E-state index contributed by atoms with van der Waals surface area (Å²) >= 11 is 0. The number of hydrogen-bond donors (Lipinski definition) is 3. The number of benzene rings is 1. The van der Waals surface area contributed by atoms with E-state index in [1.54, 1.807) is 47.1 Å². The summed E-state index contributed by atoms with van der Waals surface area (Å²) in [6.07, 6.45) is -1.55. The van der Waals surface area contributed by atoms with Gasteiger partial charge in [0.25, 0.3) is 0 Å². The summed E-state index contributed by atoms with van der Waals surface area (Å²) in [5, 5.41) is 22.5. The van der Waals surface area contributed by atoms with Gasteiger partial charge in [0.15, 0.2) is 11.4 Å². The van der Waals surface area contributed by atoms with E-state index in [-0.39, 0.29) is 23.6 Å². The van der Waals surface area contributed by atoms with Crippen LogP contribution in [-0.2, 0) is 20.9 Å². The number of aliphatic hydroxyl groups is 1. The van der Waals surface area contributed by atoms with Crippen LogP contribution in [0.15, 0.2) is 30.3 Å². The van der Waals surface area contributed by atoms with E-state index in [0.717, 1.165) is 5.56 Å². The van der Waals surface area contributed by atoms with Gasteiger partial charge in [0.1, 0.15) is 13.2 Å². The number of carbonyl (C=O) groups excluding carboxylic acids is 2. The van der Waals surface area contributed by atoms with Gasteiger partial charge in [-0.1, -0.05) is 44.2 Å². The zero-order valence-electron chi connectivity index (χ0n) is 17.1. The summed E-state index contributed by atoms with van der Waals surface area (Å²) < 4.78 is 5.33. The molecule has 0 spiro atoms. The smallest absolute Gasteiger partial charge is 0.408 e. The Morgan fingerprint density at radius 2 is 1.71 bits per heavy atom. The lowest BCUT2D eigenvalue weighted by Gasteiger charge is -2.36. The number of alkyl carbamates (subject to hydrolysis) is 1. The number of likely N-dealkylation sites (N-methyl/N-ethyl adjacent to an activating group) is 1. The number of ketones is 1. The van der Waals surface area contributed by atoms with Crippen molar-refractivity contribution in [2.24, 2.45) is 5.92 Å². The van der Waals surface area contributed by atoms with Gasteiger partial charge in [-0.3, -0.25) is 9.59 Å². The molecule has 28 heavy (non-hydrogen) atoms. The Morgan fingerprint density at radius 3 is 2.18 bits per heavy atom. The Kier molecular flexibility index (Phi) is 8.14. The van der Waals surface area contributed by atoms with Crippen molar-refractivity contribution >= 4 is 17.8 Å². The van der Waals surface area contributed by atoms with Crippen molar-refractivity contribution in [2.75, 3.05) is 27.7 Å². The van der Waals surface area contributed by atoms with Crippen LogP contribution >= 0.6 is 0 Å². The van der Waals surface area contributed by atoms with E-state index in [1.807, 2.05) is 18.2 Å². The number of nitrogens with one attached hydrogen (secondary N) is 1. The highest BCUT2D eigenvalue weighted by Crippen LogP contribution is 2.21. The SMILES string of the molecule is CC(C)[C@H](NC(=O)OCc1ccccc1)C(=O)[C@@](O)(CC(=O)O)C[N+](C)(C)C. The minimum atomic E-state index is -2.12. The normalized spacial score (nSPS) is 14.8. The van der Waals surface area contributed by atoms with Crippen molar-refractivity contribution in [3.05, 3.63) is 35.9 Å². The van der Waals surface area contributed by atoms with Crippen LogP contribution in [0.5, 0.6) is 0 Å². The van der Waals surface area contributed by atoms with Crippen LogP contribution in [0.2, 0.25) is 0 Å². The van der Waals surface area contributed by atoms with E-state index in [9.17, 15) is 24.6 Å². The van der Waals surface area contributed by atoms with E-state index in [2.05, 4.69) is 5.32 Å². The summed E-state index contributed by atoms with van der Waals surface area (Å²) in [7, 11) is 5.23. The zero-order chi connectivity index (χ0) is 21.5. The minimum absolute atomic E-state index is 0.0317. The molecule has 0 saturated carbocycles. The van der Waals surface area contributed by atoms with Crippen LogP contribution < -0.4 is 5.32 Å². The first-order valence-electron chi connectivity index (χ1n) is 9.10. The van der Waals surface area contributed by atoms with Crippen molar-refractivity contribution in [3.8, 4) is 0 Å². The largest absolute Gasteiger partial charge is 0.481 e. The molecule has 0 bridgehead atoms. The number of amides is 1. The number of nitrogens with zero attached hydrogens (tertiary/aromatic N) is 1. The molecule has 0 aliphatic carbocycles. The van der Waals surface area contributed by atoms with Crippen molar-refractivity contribution < 1.29 is 33.8 Å². The fourth-order valence-electron chi connectivity index (χ4n) is 2.97. The van der Waals surface area contributed by atoms with Gasteiger partial charge >= 0.3 is 12.1 Å². The molecule has 0 heterocycles. The molecule has 2 atom stereocenters. The van der Waals surface area contributed by atoms with Crippen LogP contribution in [0, 0.1) is 5.92 Å². The maximum absolute atomic E-state index is 13.0. The molecular weight excluding hydrogens is 364 g/mol. The van der Waals surface area contributed by atoms with E-state index in [4.69, 9.17) is 4.74 Å². The molecule has 1 aromatic carbocycles. The summed E-state index contributed by atoms with van der Waals surface area (Å²) in [5.74, 6) is -2.40. The number of rotatable bonds is 10. The van der Waals surface area contributed by atoms with Crippen molar-refractivity contribution in [3.63, 3.8) is 0 Å². The number of carboxylic acids is 1. The average Bonchev–Trinajstić information content (AvgIpc) is 2.55. The molecule has 8 heteroatoms. The number of quaternary nitrogens is 1. The van der Waals surface area contributed by atoms with Gasteiger partial charge in [0, 0.05) is 0 Å². The summed E-state index contributed by atoms with van der Waals surface area (Å²) in [4.78, 5) is 36.5. The molecular formula is C20H31N2O6+. The highest BCUT2D eigenvalue weighted by atomic mass is 16.5. The fourth-order valence-corrected chi connectivity index (χ4v) is 2.97. The third kappa shape index (κ3) is 7.66. The predicted molar refractivity (Wildman–Crippen MR) is 103 cm³/mol. The van der Waals surface area contributed by atoms with Gasteiger partial charge in [-0.25, -0.2) is 4.79 Å². The number of aliphatic carboxylic acids is 1. The van der Waals surface area contributed by atoms with Crippen LogP contribution in [0.25, 0.3) is 0 Å². The lowest BCUT2D eigenvalue weighted by molar-refractivity contribution is -0.875. The zero-order valence-corrected chi connectivity index (χ0v) is 17.1. The van der Waals surface area contributed by atoms with Gasteiger partial charge in [-0.2, -0.15) is 0 Å². The third-order valence-corrected chi connectivity index (χ3v) is 4.07. The van der Waals surface area contributed by atoms with Crippen molar-refractivity contribution in [1.29, 1.82) is 0 Å². The quantitative estimate of drug-likeness (QED) is 0.517. The summed E-state index contributed by atoms with van der Waals surface area (Å²) in [5.41, 5.74) is -1.33. The topological polar surface area (TPSA) is 113 Å². The van der Waals surface area contributed by atoms with Gasteiger partial charge < -0.3 is 24.7 Å². The first kappa shape index (κ1) is 23.6. The number of ether oxygens (including phenoxy) is 1.